The molecule has 108 valence electrons. The molecule has 0 aliphatic rings. The van der Waals surface area contributed by atoms with Crippen LogP contribution >= 0.6 is 0 Å². The maximum absolute atomic E-state index is 12.1. The molecule has 1 atom stereocenters. The summed E-state index contributed by atoms with van der Waals surface area (Å²) in [6.45, 7) is 0.908. The summed E-state index contributed by atoms with van der Waals surface area (Å²) in [5, 5.41) is 6.41. The molecule has 2 aromatic rings. The van der Waals surface area contributed by atoms with Gasteiger partial charge in [0.1, 0.15) is 12.4 Å². The standard InChI is InChI=1S/C13H15F3N4/c1-2-11(10-3-6-17-7-4-10)20-8-5-12(19-20)18-9-13(14,15)16/h3-8,11H,2,9H2,1H3,(H,18,19). The number of aromatic nitrogens is 3. The van der Waals surface area contributed by atoms with E-state index in [1.54, 1.807) is 23.3 Å². The minimum Gasteiger partial charge on any atom is -0.360 e. The normalized spacial score (nSPS) is 13.2. The summed E-state index contributed by atoms with van der Waals surface area (Å²) in [7, 11) is 0. The van der Waals surface area contributed by atoms with E-state index in [-0.39, 0.29) is 11.9 Å². The molecule has 0 bridgehead atoms. The van der Waals surface area contributed by atoms with Gasteiger partial charge in [0.2, 0.25) is 0 Å². The van der Waals surface area contributed by atoms with E-state index in [1.807, 2.05) is 19.1 Å². The van der Waals surface area contributed by atoms with Crippen molar-refractivity contribution in [3.63, 3.8) is 0 Å². The van der Waals surface area contributed by atoms with Crippen molar-refractivity contribution < 1.29 is 13.2 Å². The second kappa shape index (κ2) is 5.94. The van der Waals surface area contributed by atoms with E-state index in [9.17, 15) is 13.2 Å². The van der Waals surface area contributed by atoms with Crippen LogP contribution in [0.3, 0.4) is 0 Å². The van der Waals surface area contributed by atoms with Gasteiger partial charge in [-0.2, -0.15) is 18.3 Å². The van der Waals surface area contributed by atoms with Crippen LogP contribution in [0.4, 0.5) is 19.0 Å². The van der Waals surface area contributed by atoms with E-state index < -0.39 is 12.7 Å². The summed E-state index contributed by atoms with van der Waals surface area (Å²) >= 11 is 0. The summed E-state index contributed by atoms with van der Waals surface area (Å²) in [6, 6.07) is 5.27. The van der Waals surface area contributed by atoms with Crippen LogP contribution < -0.4 is 5.32 Å². The Morgan fingerprint density at radius 2 is 1.95 bits per heavy atom. The Labute approximate surface area is 114 Å². The highest BCUT2D eigenvalue weighted by Gasteiger charge is 2.27. The molecule has 0 aliphatic carbocycles. The number of hydrogen-bond donors (Lipinski definition) is 1. The van der Waals surface area contributed by atoms with Gasteiger partial charge in [0.15, 0.2) is 0 Å². The lowest BCUT2D eigenvalue weighted by atomic mass is 10.1. The molecular formula is C13H15F3N4. The number of nitrogens with one attached hydrogen (secondary N) is 1. The maximum atomic E-state index is 12.1. The summed E-state index contributed by atoms with van der Waals surface area (Å²) in [6.07, 6.45) is 1.57. The maximum Gasteiger partial charge on any atom is 0.405 e. The SMILES string of the molecule is CCC(c1ccncc1)n1ccc(NCC(F)(F)F)n1. The average molecular weight is 284 g/mol. The lowest BCUT2D eigenvalue weighted by molar-refractivity contribution is -0.115. The first kappa shape index (κ1) is 14.4. The molecule has 0 amide bonds. The first-order valence-corrected chi connectivity index (χ1v) is 6.25. The van der Waals surface area contributed by atoms with Crippen molar-refractivity contribution in [1.29, 1.82) is 0 Å². The van der Waals surface area contributed by atoms with E-state index in [2.05, 4.69) is 15.4 Å². The summed E-state index contributed by atoms with van der Waals surface area (Å²) < 4.78 is 38.1. The number of rotatable bonds is 5. The van der Waals surface area contributed by atoms with Crippen molar-refractivity contribution >= 4 is 5.82 Å². The van der Waals surface area contributed by atoms with Crippen LogP contribution in [0, 0.1) is 0 Å². The highest BCUT2D eigenvalue weighted by atomic mass is 19.4. The Bertz CT molecular complexity index is 536. The van der Waals surface area contributed by atoms with Crippen LogP contribution in [-0.4, -0.2) is 27.5 Å². The number of hydrogen-bond acceptors (Lipinski definition) is 3. The minimum absolute atomic E-state index is 0.0144. The number of anilines is 1. The highest BCUT2D eigenvalue weighted by molar-refractivity contribution is 5.33. The molecule has 7 heteroatoms. The Morgan fingerprint density at radius 1 is 1.25 bits per heavy atom. The van der Waals surface area contributed by atoms with E-state index in [4.69, 9.17) is 0 Å². The van der Waals surface area contributed by atoms with Gasteiger partial charge in [-0.25, -0.2) is 0 Å². The Balaban J connectivity index is 2.11. The zero-order chi connectivity index (χ0) is 14.6. The average Bonchev–Trinajstić information content (AvgIpc) is 2.87. The topological polar surface area (TPSA) is 42.7 Å². The second-order valence-corrected chi connectivity index (χ2v) is 4.35. The third-order valence-corrected chi connectivity index (χ3v) is 2.88. The van der Waals surface area contributed by atoms with E-state index >= 15 is 0 Å². The van der Waals surface area contributed by atoms with Crippen LogP contribution in [0.25, 0.3) is 0 Å². The second-order valence-electron chi connectivity index (χ2n) is 4.35. The van der Waals surface area contributed by atoms with Crippen molar-refractivity contribution in [3.8, 4) is 0 Å². The molecule has 0 aliphatic heterocycles. The minimum atomic E-state index is -4.25. The van der Waals surface area contributed by atoms with E-state index in [0.717, 1.165) is 12.0 Å². The van der Waals surface area contributed by atoms with Crippen molar-refractivity contribution in [2.45, 2.75) is 25.6 Å². The monoisotopic (exact) mass is 284 g/mol. The Kier molecular flexibility index (Phi) is 4.26. The van der Waals surface area contributed by atoms with Gasteiger partial charge in [-0.05, 0) is 24.1 Å². The van der Waals surface area contributed by atoms with Gasteiger partial charge in [-0.1, -0.05) is 6.92 Å². The van der Waals surface area contributed by atoms with Gasteiger partial charge >= 0.3 is 6.18 Å². The number of alkyl halides is 3. The zero-order valence-corrected chi connectivity index (χ0v) is 10.9. The zero-order valence-electron chi connectivity index (χ0n) is 10.9. The molecule has 0 radical (unpaired) electrons. The fraction of sp³-hybridized carbons (Fsp3) is 0.385. The largest absolute Gasteiger partial charge is 0.405 e. The third kappa shape index (κ3) is 3.72. The van der Waals surface area contributed by atoms with E-state index in [1.165, 1.54) is 6.07 Å². The van der Waals surface area contributed by atoms with Crippen LogP contribution in [-0.2, 0) is 0 Å². The van der Waals surface area contributed by atoms with Crippen LogP contribution in [0.5, 0.6) is 0 Å². The van der Waals surface area contributed by atoms with Crippen LogP contribution in [0.2, 0.25) is 0 Å². The predicted molar refractivity (Wildman–Crippen MR) is 69.4 cm³/mol. The van der Waals surface area contributed by atoms with Crippen LogP contribution in [0.15, 0.2) is 36.8 Å². The molecule has 20 heavy (non-hydrogen) atoms. The molecule has 0 spiro atoms. The number of pyridine rings is 1. The predicted octanol–water partition coefficient (Wildman–Crippen LogP) is 3.25. The molecule has 2 rings (SSSR count). The van der Waals surface area contributed by atoms with Gasteiger partial charge < -0.3 is 5.32 Å². The molecular weight excluding hydrogens is 269 g/mol. The molecule has 1 N–H and O–H groups in total. The van der Waals surface area contributed by atoms with E-state index in [0.29, 0.717) is 0 Å². The fourth-order valence-electron chi connectivity index (χ4n) is 1.96. The van der Waals surface area contributed by atoms with Crippen molar-refractivity contribution in [1.82, 2.24) is 14.8 Å². The molecule has 0 aromatic carbocycles. The Hall–Kier alpha value is -2.05. The molecule has 2 heterocycles. The lowest BCUT2D eigenvalue weighted by Gasteiger charge is -2.15. The highest BCUT2D eigenvalue weighted by Crippen LogP contribution is 2.22. The molecule has 4 nitrogen and oxygen atoms in total. The van der Waals surface area contributed by atoms with Gasteiger partial charge in [0.05, 0.1) is 6.04 Å². The quantitative estimate of drug-likeness (QED) is 0.916. The van der Waals surface area contributed by atoms with Crippen molar-refractivity contribution in [2.75, 3.05) is 11.9 Å². The van der Waals surface area contributed by atoms with Gasteiger partial charge in [0, 0.05) is 24.7 Å². The molecule has 2 aromatic heterocycles. The molecule has 0 fully saturated rings. The first-order valence-electron chi connectivity index (χ1n) is 6.25. The van der Waals surface area contributed by atoms with Crippen molar-refractivity contribution in [2.24, 2.45) is 0 Å². The summed E-state index contributed by atoms with van der Waals surface area (Å²) in [5.74, 6) is 0.217. The molecule has 0 saturated carbocycles. The first-order chi connectivity index (χ1) is 9.49. The lowest BCUT2D eigenvalue weighted by Crippen LogP contribution is -2.21. The summed E-state index contributed by atoms with van der Waals surface area (Å²) in [5.41, 5.74) is 1.02. The third-order valence-electron chi connectivity index (χ3n) is 2.88. The van der Waals surface area contributed by atoms with Crippen molar-refractivity contribution in [3.05, 3.63) is 42.4 Å². The number of nitrogens with zero attached hydrogens (tertiary/aromatic N) is 3. The number of halogens is 3. The van der Waals surface area contributed by atoms with Gasteiger partial charge in [-0.3, -0.25) is 9.67 Å². The summed E-state index contributed by atoms with van der Waals surface area (Å²) in [4.78, 5) is 3.95. The van der Waals surface area contributed by atoms with Gasteiger partial charge in [-0.15, -0.1) is 0 Å². The van der Waals surface area contributed by atoms with Gasteiger partial charge in [0.25, 0.3) is 0 Å². The smallest absolute Gasteiger partial charge is 0.360 e. The fourth-order valence-corrected chi connectivity index (χ4v) is 1.96. The molecule has 1 unspecified atom stereocenters. The van der Waals surface area contributed by atoms with Crippen LogP contribution in [0.1, 0.15) is 24.9 Å². The Morgan fingerprint density at radius 3 is 2.55 bits per heavy atom. The molecule has 0 saturated heterocycles.